The van der Waals surface area contributed by atoms with Gasteiger partial charge in [-0.3, -0.25) is 0 Å². The Morgan fingerprint density at radius 1 is 0.535 bits per heavy atom. The van der Waals surface area contributed by atoms with Gasteiger partial charge in [-0.15, -0.1) is 0 Å². The minimum absolute atomic E-state index is 0.513. The standard InChI is InChI=1S/C26H22O17/c27-11-1-8(2-12(28)18(11)33)23(36)41-17-7-40-26(39)22(43-25(38)10-5-15(31)20(35)16(32)6-10)21(17)42-24(37)9-3-13(29)19(34)14(30)4-9/h1-6,17,21-22,26-35,39H,7H2/t17-,21+,22+,26+/m1/s1. The van der Waals surface area contributed by atoms with E-state index in [1.54, 1.807) is 0 Å². The number of aliphatic hydroxyl groups is 1. The Hall–Kier alpha value is -5.81. The smallest absolute Gasteiger partial charge is 0.339 e. The highest BCUT2D eigenvalue weighted by Gasteiger charge is 2.47. The van der Waals surface area contributed by atoms with Crippen LogP contribution < -0.4 is 0 Å². The summed E-state index contributed by atoms with van der Waals surface area (Å²) < 4.78 is 20.9. The van der Waals surface area contributed by atoms with Crippen molar-refractivity contribution in [1.29, 1.82) is 0 Å². The molecule has 0 amide bonds. The van der Waals surface area contributed by atoms with Crippen LogP contribution in [0.2, 0.25) is 0 Å². The first-order chi connectivity index (χ1) is 20.2. The zero-order valence-corrected chi connectivity index (χ0v) is 21.3. The molecule has 0 aliphatic carbocycles. The Balaban J connectivity index is 1.68. The second-order valence-electron chi connectivity index (χ2n) is 9.00. The molecule has 0 radical (unpaired) electrons. The molecule has 0 aromatic heterocycles. The summed E-state index contributed by atoms with van der Waals surface area (Å²) in [4.78, 5) is 38.6. The van der Waals surface area contributed by atoms with E-state index in [0.717, 1.165) is 12.1 Å². The van der Waals surface area contributed by atoms with Crippen LogP contribution in [0.3, 0.4) is 0 Å². The summed E-state index contributed by atoms with van der Waals surface area (Å²) in [5, 5.41) is 97.5. The Morgan fingerprint density at radius 2 is 0.837 bits per heavy atom. The average Bonchev–Trinajstić information content (AvgIpc) is 2.95. The predicted molar refractivity (Wildman–Crippen MR) is 134 cm³/mol. The number of aliphatic hydroxyl groups excluding tert-OH is 1. The van der Waals surface area contributed by atoms with Crippen LogP contribution in [-0.4, -0.2) is 100 Å². The van der Waals surface area contributed by atoms with Gasteiger partial charge in [-0.25, -0.2) is 14.4 Å². The predicted octanol–water partition coefficient (Wildman–Crippen LogP) is 0.362. The van der Waals surface area contributed by atoms with Crippen molar-refractivity contribution < 1.29 is 84.4 Å². The molecule has 4 rings (SSSR count). The number of phenols is 9. The minimum Gasteiger partial charge on any atom is -0.504 e. The maximum atomic E-state index is 13.0. The summed E-state index contributed by atoms with van der Waals surface area (Å²) in [6.45, 7) is -0.707. The Labute approximate surface area is 238 Å². The Bertz CT molecular complexity index is 1530. The normalized spacial score (nSPS) is 19.7. The maximum absolute atomic E-state index is 13.0. The van der Waals surface area contributed by atoms with Gasteiger partial charge in [0.05, 0.1) is 23.3 Å². The van der Waals surface area contributed by atoms with Gasteiger partial charge in [0, 0.05) is 0 Å². The van der Waals surface area contributed by atoms with E-state index in [9.17, 15) is 65.4 Å². The lowest BCUT2D eigenvalue weighted by Gasteiger charge is -2.38. The van der Waals surface area contributed by atoms with Crippen LogP contribution in [0, 0.1) is 0 Å². The zero-order chi connectivity index (χ0) is 31.7. The van der Waals surface area contributed by atoms with Crippen LogP contribution in [0.25, 0.3) is 0 Å². The number of hydrogen-bond donors (Lipinski definition) is 10. The molecule has 0 saturated carbocycles. The molecule has 1 heterocycles. The van der Waals surface area contributed by atoms with Crippen molar-refractivity contribution in [3.63, 3.8) is 0 Å². The molecule has 3 aromatic carbocycles. The molecular formula is C26H22O17. The van der Waals surface area contributed by atoms with E-state index in [2.05, 4.69) is 0 Å². The number of rotatable bonds is 6. The molecular weight excluding hydrogens is 584 g/mol. The fourth-order valence-corrected chi connectivity index (χ4v) is 3.88. The monoisotopic (exact) mass is 606 g/mol. The van der Waals surface area contributed by atoms with Crippen molar-refractivity contribution in [3.05, 3.63) is 53.1 Å². The maximum Gasteiger partial charge on any atom is 0.339 e. The third kappa shape index (κ3) is 6.11. The van der Waals surface area contributed by atoms with Gasteiger partial charge >= 0.3 is 17.9 Å². The largest absolute Gasteiger partial charge is 0.504 e. The third-order valence-corrected chi connectivity index (χ3v) is 6.06. The molecule has 0 bridgehead atoms. The third-order valence-electron chi connectivity index (χ3n) is 6.06. The zero-order valence-electron chi connectivity index (χ0n) is 21.3. The first kappa shape index (κ1) is 30.2. The summed E-state index contributed by atoms with van der Waals surface area (Å²) in [5.41, 5.74) is -1.64. The van der Waals surface area contributed by atoms with Crippen molar-refractivity contribution in [2.24, 2.45) is 0 Å². The second-order valence-corrected chi connectivity index (χ2v) is 9.00. The Morgan fingerprint density at radius 3 is 1.19 bits per heavy atom. The molecule has 3 aromatic rings. The molecule has 1 aliphatic rings. The number of aromatic hydroxyl groups is 9. The number of ether oxygens (including phenoxy) is 4. The van der Waals surface area contributed by atoms with E-state index in [-0.39, 0.29) is 0 Å². The molecule has 1 aliphatic heterocycles. The Kier molecular flexibility index (Phi) is 8.13. The molecule has 1 fully saturated rings. The molecule has 17 nitrogen and oxygen atoms in total. The van der Waals surface area contributed by atoms with Crippen molar-refractivity contribution in [2.45, 2.75) is 24.6 Å². The highest BCUT2D eigenvalue weighted by Crippen LogP contribution is 2.38. The SMILES string of the molecule is O=C(O[C@@H]1[C@H](OC(=O)c2cc(O)c(O)c(O)c2)[C@@H](O)OC[C@H]1OC(=O)c1cc(O)c(O)c(O)c1)c1cc(O)c(O)c(O)c1. The van der Waals surface area contributed by atoms with Crippen LogP contribution in [0.4, 0.5) is 0 Å². The van der Waals surface area contributed by atoms with E-state index in [4.69, 9.17) is 18.9 Å². The summed E-state index contributed by atoms with van der Waals surface area (Å²) in [6.07, 6.45) is -7.71. The summed E-state index contributed by atoms with van der Waals surface area (Å²) >= 11 is 0. The number of carbonyl (C=O) groups excluding carboxylic acids is 3. The highest BCUT2D eigenvalue weighted by atomic mass is 16.7. The fraction of sp³-hybridized carbons (Fsp3) is 0.192. The van der Waals surface area contributed by atoms with Gasteiger partial charge in [0.1, 0.15) is 0 Å². The molecule has 228 valence electrons. The van der Waals surface area contributed by atoms with Crippen molar-refractivity contribution >= 4 is 17.9 Å². The fourth-order valence-electron chi connectivity index (χ4n) is 3.88. The lowest BCUT2D eigenvalue weighted by atomic mass is 10.0. The van der Waals surface area contributed by atoms with Gasteiger partial charge in [0.2, 0.25) is 0 Å². The van der Waals surface area contributed by atoms with E-state index >= 15 is 0 Å². The second kappa shape index (κ2) is 11.6. The molecule has 1 saturated heterocycles. The lowest BCUT2D eigenvalue weighted by Crippen LogP contribution is -2.57. The van der Waals surface area contributed by atoms with Gasteiger partial charge in [0.25, 0.3) is 0 Å². The van der Waals surface area contributed by atoms with Crippen molar-refractivity contribution in [3.8, 4) is 51.7 Å². The average molecular weight is 606 g/mol. The van der Waals surface area contributed by atoms with Crippen LogP contribution in [0.1, 0.15) is 31.1 Å². The number of hydrogen-bond acceptors (Lipinski definition) is 17. The number of esters is 3. The molecule has 10 N–H and O–H groups in total. The van der Waals surface area contributed by atoms with Gasteiger partial charge in [-0.1, -0.05) is 0 Å². The van der Waals surface area contributed by atoms with E-state index in [0.29, 0.717) is 24.3 Å². The first-order valence-corrected chi connectivity index (χ1v) is 11.8. The van der Waals surface area contributed by atoms with E-state index in [1.807, 2.05) is 0 Å². The number of phenolic OH excluding ortho intramolecular Hbond substituents is 9. The van der Waals surface area contributed by atoms with Crippen LogP contribution in [-0.2, 0) is 18.9 Å². The minimum atomic E-state index is -2.06. The van der Waals surface area contributed by atoms with Crippen LogP contribution >= 0.6 is 0 Å². The van der Waals surface area contributed by atoms with Gasteiger partial charge in [-0.2, -0.15) is 0 Å². The van der Waals surface area contributed by atoms with E-state index in [1.165, 1.54) is 0 Å². The first-order valence-electron chi connectivity index (χ1n) is 11.8. The van der Waals surface area contributed by atoms with Gasteiger partial charge in [-0.05, 0) is 36.4 Å². The number of carbonyl (C=O) groups is 3. The van der Waals surface area contributed by atoms with E-state index < -0.39 is 118 Å². The summed E-state index contributed by atoms with van der Waals surface area (Å²) in [5.74, 6) is -12.4. The summed E-state index contributed by atoms with van der Waals surface area (Å²) in [6, 6.07) is 4.22. The molecule has 0 unspecified atom stereocenters. The molecule has 17 heteroatoms. The molecule has 4 atom stereocenters. The lowest BCUT2D eigenvalue weighted by molar-refractivity contribution is -0.251. The quantitative estimate of drug-likeness (QED) is 0.103. The highest BCUT2D eigenvalue weighted by molar-refractivity contribution is 5.93. The number of benzene rings is 3. The summed E-state index contributed by atoms with van der Waals surface area (Å²) in [7, 11) is 0. The van der Waals surface area contributed by atoms with Gasteiger partial charge in [0.15, 0.2) is 76.3 Å². The topological polar surface area (TPSA) is 290 Å². The van der Waals surface area contributed by atoms with Crippen LogP contribution in [0.5, 0.6) is 51.7 Å². The van der Waals surface area contributed by atoms with Crippen molar-refractivity contribution in [1.82, 2.24) is 0 Å². The van der Waals surface area contributed by atoms with Crippen molar-refractivity contribution in [2.75, 3.05) is 6.61 Å². The molecule has 43 heavy (non-hydrogen) atoms. The molecule has 0 spiro atoms. The van der Waals surface area contributed by atoms with Gasteiger partial charge < -0.3 is 70.0 Å². The van der Waals surface area contributed by atoms with Crippen LogP contribution in [0.15, 0.2) is 36.4 Å².